The van der Waals surface area contributed by atoms with E-state index in [9.17, 15) is 4.79 Å². The standard InChI is InChI=1S/C19H24N4O3/c1-25-15-9-8-12(10-16(15)26-2)14-11-21-18(20)17(23-14)19(24)22-13-6-4-3-5-7-13/h8-11,13H,3-7H2,1-2H3,(H2,20,21)(H,22,24). The Morgan fingerprint density at radius 2 is 1.88 bits per heavy atom. The molecule has 1 aliphatic carbocycles. The van der Waals surface area contributed by atoms with Crippen molar-refractivity contribution in [2.75, 3.05) is 20.0 Å². The number of hydrogen-bond donors (Lipinski definition) is 2. The van der Waals surface area contributed by atoms with Gasteiger partial charge in [-0.3, -0.25) is 4.79 Å². The zero-order chi connectivity index (χ0) is 18.5. The number of hydrogen-bond acceptors (Lipinski definition) is 6. The van der Waals surface area contributed by atoms with E-state index >= 15 is 0 Å². The summed E-state index contributed by atoms with van der Waals surface area (Å²) in [7, 11) is 3.15. The second-order valence-electron chi connectivity index (χ2n) is 6.37. The maximum absolute atomic E-state index is 12.6. The number of benzene rings is 1. The molecule has 0 bridgehead atoms. The van der Waals surface area contributed by atoms with E-state index in [4.69, 9.17) is 15.2 Å². The topological polar surface area (TPSA) is 99.4 Å². The molecule has 1 amide bonds. The molecule has 1 aromatic carbocycles. The molecule has 0 radical (unpaired) electrons. The molecular weight excluding hydrogens is 332 g/mol. The number of nitrogens with two attached hydrogens (primary N) is 1. The van der Waals surface area contributed by atoms with Gasteiger partial charge in [-0.15, -0.1) is 0 Å². The Morgan fingerprint density at radius 3 is 2.58 bits per heavy atom. The Morgan fingerprint density at radius 1 is 1.15 bits per heavy atom. The van der Waals surface area contributed by atoms with Crippen LogP contribution in [0.15, 0.2) is 24.4 Å². The molecule has 26 heavy (non-hydrogen) atoms. The van der Waals surface area contributed by atoms with Gasteiger partial charge in [0.1, 0.15) is 0 Å². The fraction of sp³-hybridized carbons (Fsp3) is 0.421. The molecule has 0 atom stereocenters. The lowest BCUT2D eigenvalue weighted by Gasteiger charge is -2.22. The maximum Gasteiger partial charge on any atom is 0.273 e. The molecule has 1 saturated carbocycles. The van der Waals surface area contributed by atoms with Crippen molar-refractivity contribution >= 4 is 11.7 Å². The van der Waals surface area contributed by atoms with Gasteiger partial charge in [0.25, 0.3) is 5.91 Å². The minimum Gasteiger partial charge on any atom is -0.493 e. The summed E-state index contributed by atoms with van der Waals surface area (Å²) in [5, 5.41) is 3.03. The largest absolute Gasteiger partial charge is 0.493 e. The van der Waals surface area contributed by atoms with Crippen LogP contribution in [0.5, 0.6) is 11.5 Å². The number of carbonyl (C=O) groups excluding carboxylic acids is 1. The van der Waals surface area contributed by atoms with Crippen LogP contribution >= 0.6 is 0 Å². The molecule has 7 heteroatoms. The summed E-state index contributed by atoms with van der Waals surface area (Å²) in [5.41, 5.74) is 7.37. The lowest BCUT2D eigenvalue weighted by Crippen LogP contribution is -2.37. The van der Waals surface area contributed by atoms with E-state index in [0.29, 0.717) is 17.2 Å². The van der Waals surface area contributed by atoms with Gasteiger partial charge in [0.2, 0.25) is 0 Å². The van der Waals surface area contributed by atoms with Gasteiger partial charge in [-0.25, -0.2) is 9.97 Å². The number of anilines is 1. The van der Waals surface area contributed by atoms with Crippen LogP contribution in [-0.4, -0.2) is 36.1 Å². The highest BCUT2D eigenvalue weighted by atomic mass is 16.5. The number of methoxy groups -OCH3 is 2. The predicted octanol–water partition coefficient (Wildman–Crippen LogP) is 2.81. The molecule has 7 nitrogen and oxygen atoms in total. The summed E-state index contributed by atoms with van der Waals surface area (Å²) in [6, 6.07) is 5.60. The molecule has 1 aliphatic rings. The van der Waals surface area contributed by atoms with Crippen molar-refractivity contribution < 1.29 is 14.3 Å². The van der Waals surface area contributed by atoms with Crippen LogP contribution in [0.2, 0.25) is 0 Å². The van der Waals surface area contributed by atoms with E-state index in [-0.39, 0.29) is 23.5 Å². The highest BCUT2D eigenvalue weighted by Crippen LogP contribution is 2.31. The van der Waals surface area contributed by atoms with Crippen molar-refractivity contribution in [1.29, 1.82) is 0 Å². The second-order valence-corrected chi connectivity index (χ2v) is 6.37. The average Bonchev–Trinajstić information content (AvgIpc) is 2.68. The molecule has 0 spiro atoms. The molecule has 0 aliphatic heterocycles. The van der Waals surface area contributed by atoms with Crippen LogP contribution < -0.4 is 20.5 Å². The Kier molecular flexibility index (Phi) is 5.55. The first-order valence-electron chi connectivity index (χ1n) is 8.78. The van der Waals surface area contributed by atoms with Gasteiger partial charge in [-0.05, 0) is 31.0 Å². The molecule has 138 valence electrons. The van der Waals surface area contributed by atoms with Crippen LogP contribution in [0.4, 0.5) is 5.82 Å². The number of nitrogens with one attached hydrogen (secondary N) is 1. The van der Waals surface area contributed by atoms with Crippen molar-refractivity contribution in [3.63, 3.8) is 0 Å². The van der Waals surface area contributed by atoms with Crippen molar-refractivity contribution in [2.45, 2.75) is 38.1 Å². The van der Waals surface area contributed by atoms with Gasteiger partial charge in [-0.1, -0.05) is 19.3 Å². The zero-order valence-electron chi connectivity index (χ0n) is 15.1. The summed E-state index contributed by atoms with van der Waals surface area (Å²) in [6.45, 7) is 0. The smallest absolute Gasteiger partial charge is 0.273 e. The van der Waals surface area contributed by atoms with Crippen LogP contribution in [-0.2, 0) is 0 Å². The lowest BCUT2D eigenvalue weighted by molar-refractivity contribution is 0.0923. The molecular formula is C19H24N4O3. The Bertz CT molecular complexity index is 788. The first-order valence-corrected chi connectivity index (χ1v) is 8.78. The van der Waals surface area contributed by atoms with Crippen LogP contribution in [0.3, 0.4) is 0 Å². The molecule has 1 aromatic heterocycles. The third-order valence-corrected chi connectivity index (χ3v) is 4.64. The summed E-state index contributed by atoms with van der Waals surface area (Å²) in [6.07, 6.45) is 7.04. The minimum absolute atomic E-state index is 0.127. The fourth-order valence-electron chi connectivity index (χ4n) is 3.20. The summed E-state index contributed by atoms with van der Waals surface area (Å²) in [5.74, 6) is 1.05. The van der Waals surface area contributed by atoms with Crippen molar-refractivity contribution in [3.05, 3.63) is 30.1 Å². The summed E-state index contributed by atoms with van der Waals surface area (Å²) >= 11 is 0. The number of nitrogen functional groups attached to an aromatic ring is 1. The monoisotopic (exact) mass is 356 g/mol. The van der Waals surface area contributed by atoms with Crippen LogP contribution in [0.25, 0.3) is 11.3 Å². The molecule has 0 saturated heterocycles. The van der Waals surface area contributed by atoms with E-state index in [0.717, 1.165) is 31.2 Å². The zero-order valence-corrected chi connectivity index (χ0v) is 15.1. The fourth-order valence-corrected chi connectivity index (χ4v) is 3.20. The van der Waals surface area contributed by atoms with Crippen LogP contribution in [0, 0.1) is 0 Å². The van der Waals surface area contributed by atoms with Crippen molar-refractivity contribution in [1.82, 2.24) is 15.3 Å². The minimum atomic E-state index is -0.274. The van der Waals surface area contributed by atoms with Gasteiger partial charge < -0.3 is 20.5 Å². The Labute approximate surface area is 152 Å². The molecule has 2 aromatic rings. The Balaban J connectivity index is 1.86. The number of nitrogens with zero attached hydrogens (tertiary/aromatic N) is 2. The quantitative estimate of drug-likeness (QED) is 0.854. The van der Waals surface area contributed by atoms with Gasteiger partial charge in [0, 0.05) is 11.6 Å². The summed E-state index contributed by atoms with van der Waals surface area (Å²) in [4.78, 5) is 21.2. The third kappa shape index (κ3) is 3.87. The van der Waals surface area contributed by atoms with Crippen LogP contribution in [0.1, 0.15) is 42.6 Å². The number of aromatic nitrogens is 2. The average molecular weight is 356 g/mol. The van der Waals surface area contributed by atoms with E-state index in [1.807, 2.05) is 6.07 Å². The van der Waals surface area contributed by atoms with Crippen molar-refractivity contribution in [2.24, 2.45) is 0 Å². The van der Waals surface area contributed by atoms with E-state index in [2.05, 4.69) is 15.3 Å². The first-order chi connectivity index (χ1) is 12.6. The SMILES string of the molecule is COc1ccc(-c2cnc(N)c(C(=O)NC3CCCCC3)n2)cc1OC. The predicted molar refractivity (Wildman–Crippen MR) is 99.3 cm³/mol. The van der Waals surface area contributed by atoms with Gasteiger partial charge in [0.05, 0.1) is 26.1 Å². The molecule has 3 N–H and O–H groups in total. The summed E-state index contributed by atoms with van der Waals surface area (Å²) < 4.78 is 10.6. The van der Waals surface area contributed by atoms with Gasteiger partial charge in [-0.2, -0.15) is 0 Å². The van der Waals surface area contributed by atoms with Gasteiger partial charge in [0.15, 0.2) is 23.0 Å². The van der Waals surface area contributed by atoms with E-state index in [1.165, 1.54) is 6.42 Å². The Hall–Kier alpha value is -2.83. The second kappa shape index (κ2) is 8.03. The molecule has 1 heterocycles. The third-order valence-electron chi connectivity index (χ3n) is 4.64. The maximum atomic E-state index is 12.6. The highest BCUT2D eigenvalue weighted by Gasteiger charge is 2.20. The lowest BCUT2D eigenvalue weighted by atomic mass is 9.95. The van der Waals surface area contributed by atoms with Crippen molar-refractivity contribution in [3.8, 4) is 22.8 Å². The molecule has 3 rings (SSSR count). The highest BCUT2D eigenvalue weighted by molar-refractivity contribution is 5.97. The molecule has 0 unspecified atom stereocenters. The number of rotatable bonds is 5. The number of carbonyl (C=O) groups is 1. The first kappa shape index (κ1) is 18.0. The number of amides is 1. The number of ether oxygens (including phenoxy) is 2. The van der Waals surface area contributed by atoms with Gasteiger partial charge >= 0.3 is 0 Å². The van der Waals surface area contributed by atoms with E-state index < -0.39 is 0 Å². The van der Waals surface area contributed by atoms with E-state index in [1.54, 1.807) is 32.5 Å². The normalized spacial score (nSPS) is 14.7. The molecule has 1 fully saturated rings.